The van der Waals surface area contributed by atoms with Crippen LogP contribution in [0.5, 0.6) is 0 Å². The molecular weight excluding hydrogens is 426 g/mol. The van der Waals surface area contributed by atoms with Gasteiger partial charge < -0.3 is 4.90 Å². The van der Waals surface area contributed by atoms with Gasteiger partial charge in [0.25, 0.3) is 16.8 Å². The zero-order chi connectivity index (χ0) is 23.2. The predicted octanol–water partition coefficient (Wildman–Crippen LogP) is 5.55. The molecule has 2 aliphatic heterocycles. The molecule has 0 saturated carbocycles. The van der Waals surface area contributed by atoms with Crippen LogP contribution in [0.4, 0.5) is 16.2 Å². The number of nitro benzene ring substituents is 1. The van der Waals surface area contributed by atoms with E-state index >= 15 is 0 Å². The molecule has 0 unspecified atom stereocenters. The van der Waals surface area contributed by atoms with Gasteiger partial charge in [0.2, 0.25) is 0 Å². The molecule has 2 heterocycles. The van der Waals surface area contributed by atoms with Crippen molar-refractivity contribution in [2.24, 2.45) is 0 Å². The van der Waals surface area contributed by atoms with Gasteiger partial charge in [-0.3, -0.25) is 24.6 Å². The zero-order valence-corrected chi connectivity index (χ0v) is 19.3. The van der Waals surface area contributed by atoms with Crippen LogP contribution in [0, 0.1) is 10.1 Å². The molecule has 1 fully saturated rings. The first-order valence-corrected chi connectivity index (χ1v) is 11.2. The first-order chi connectivity index (χ1) is 15.1. The number of nitrogens with zero attached hydrogens (tertiary/aromatic N) is 3. The van der Waals surface area contributed by atoms with Gasteiger partial charge in [0, 0.05) is 30.4 Å². The standard InChI is InChI=1S/C24H25N3O4S/c1-15-13-24(2,3)25(4)20-10-7-17(11-19(15)20)12-21-22(28)26(23(29)32-21)14-16-5-8-18(9-6-16)27(30)31/h5-12,15H,13-14H2,1-4H3/b21-12-/t15-/m0/s1. The minimum Gasteiger partial charge on any atom is -0.369 e. The Bertz CT molecular complexity index is 1140. The molecule has 0 radical (unpaired) electrons. The smallest absolute Gasteiger partial charge is 0.293 e. The fraction of sp³-hybridized carbons (Fsp3) is 0.333. The number of non-ortho nitro benzene ring substituents is 1. The van der Waals surface area contributed by atoms with E-state index in [-0.39, 0.29) is 28.9 Å². The molecule has 0 aromatic heterocycles. The third kappa shape index (κ3) is 4.02. The first-order valence-electron chi connectivity index (χ1n) is 10.4. The molecule has 2 aliphatic rings. The Labute approximate surface area is 191 Å². The average Bonchev–Trinajstić information content (AvgIpc) is 2.99. The van der Waals surface area contributed by atoms with E-state index in [1.165, 1.54) is 28.3 Å². The Balaban J connectivity index is 1.55. The number of rotatable bonds is 4. The van der Waals surface area contributed by atoms with E-state index in [4.69, 9.17) is 0 Å². The van der Waals surface area contributed by atoms with Gasteiger partial charge in [-0.15, -0.1) is 0 Å². The number of imide groups is 1. The van der Waals surface area contributed by atoms with Crippen molar-refractivity contribution >= 4 is 40.4 Å². The molecule has 7 nitrogen and oxygen atoms in total. The van der Waals surface area contributed by atoms with Crippen LogP contribution in [0.3, 0.4) is 0 Å². The largest absolute Gasteiger partial charge is 0.369 e. The summed E-state index contributed by atoms with van der Waals surface area (Å²) >= 11 is 0.922. The van der Waals surface area contributed by atoms with Crippen LogP contribution in [0.2, 0.25) is 0 Å². The van der Waals surface area contributed by atoms with Gasteiger partial charge in [-0.25, -0.2) is 0 Å². The molecule has 0 bridgehead atoms. The number of carbonyl (C=O) groups excluding carboxylic acids is 2. The molecule has 2 aromatic carbocycles. The van der Waals surface area contributed by atoms with Crippen LogP contribution < -0.4 is 4.90 Å². The highest BCUT2D eigenvalue weighted by molar-refractivity contribution is 8.18. The Kier molecular flexibility index (Phi) is 5.58. The fourth-order valence-electron chi connectivity index (χ4n) is 4.38. The van der Waals surface area contributed by atoms with Crippen LogP contribution in [-0.4, -0.2) is 33.6 Å². The van der Waals surface area contributed by atoms with Gasteiger partial charge in [0.1, 0.15) is 0 Å². The molecule has 32 heavy (non-hydrogen) atoms. The number of fused-ring (bicyclic) bond motifs is 1. The van der Waals surface area contributed by atoms with Gasteiger partial charge in [0.05, 0.1) is 16.4 Å². The fourth-order valence-corrected chi connectivity index (χ4v) is 5.22. The molecule has 0 spiro atoms. The van der Waals surface area contributed by atoms with Gasteiger partial charge in [-0.1, -0.05) is 25.1 Å². The van der Waals surface area contributed by atoms with E-state index in [1.807, 2.05) is 6.07 Å². The van der Waals surface area contributed by atoms with Crippen molar-refractivity contribution < 1.29 is 14.5 Å². The van der Waals surface area contributed by atoms with Crippen molar-refractivity contribution in [2.75, 3.05) is 11.9 Å². The summed E-state index contributed by atoms with van der Waals surface area (Å²) in [6.45, 7) is 6.78. The van der Waals surface area contributed by atoms with Crippen LogP contribution in [0.15, 0.2) is 47.4 Å². The Hall–Kier alpha value is -3.13. The van der Waals surface area contributed by atoms with Crippen molar-refractivity contribution in [3.8, 4) is 0 Å². The summed E-state index contributed by atoms with van der Waals surface area (Å²) in [5.41, 5.74) is 4.03. The van der Waals surface area contributed by atoms with E-state index < -0.39 is 4.92 Å². The molecule has 166 valence electrons. The topological polar surface area (TPSA) is 83.8 Å². The van der Waals surface area contributed by atoms with Gasteiger partial charge >= 0.3 is 0 Å². The molecule has 0 aliphatic carbocycles. The zero-order valence-electron chi connectivity index (χ0n) is 18.5. The van der Waals surface area contributed by atoms with E-state index in [0.29, 0.717) is 16.4 Å². The Morgan fingerprint density at radius 3 is 2.53 bits per heavy atom. The third-order valence-corrected chi connectivity index (χ3v) is 7.22. The number of amides is 2. The molecule has 2 aromatic rings. The van der Waals surface area contributed by atoms with Gasteiger partial charge in [-0.05, 0) is 72.8 Å². The maximum absolute atomic E-state index is 12.9. The summed E-state index contributed by atoms with van der Waals surface area (Å²) in [5.74, 6) is 0.0455. The van der Waals surface area contributed by atoms with Crippen LogP contribution in [-0.2, 0) is 11.3 Å². The van der Waals surface area contributed by atoms with Crippen LogP contribution in [0.1, 0.15) is 49.8 Å². The number of hydrogen-bond acceptors (Lipinski definition) is 6. The molecule has 1 saturated heterocycles. The van der Waals surface area contributed by atoms with Crippen molar-refractivity contribution in [1.82, 2.24) is 4.90 Å². The number of carbonyl (C=O) groups is 2. The quantitative estimate of drug-likeness (QED) is 0.344. The normalized spacial score (nSPS) is 21.2. The molecule has 2 amide bonds. The molecule has 1 atom stereocenters. The first kappa shape index (κ1) is 22.1. The lowest BCUT2D eigenvalue weighted by Gasteiger charge is -2.45. The number of hydrogen-bond donors (Lipinski definition) is 0. The van der Waals surface area contributed by atoms with Crippen molar-refractivity contribution in [3.05, 3.63) is 74.2 Å². The van der Waals surface area contributed by atoms with Crippen molar-refractivity contribution in [1.29, 1.82) is 0 Å². The minimum atomic E-state index is -0.481. The number of nitro groups is 1. The minimum absolute atomic E-state index is 0.0292. The Morgan fingerprint density at radius 2 is 1.88 bits per heavy atom. The lowest BCUT2D eigenvalue weighted by atomic mass is 9.80. The number of anilines is 1. The number of benzene rings is 2. The highest BCUT2D eigenvalue weighted by atomic mass is 32.2. The molecular formula is C24H25N3O4S. The SMILES string of the molecule is C[C@H]1CC(C)(C)N(C)c2ccc(/C=C3\SC(=O)N(Cc4ccc([N+](=O)[O-])cc4)C3=O)cc21. The predicted molar refractivity (Wildman–Crippen MR) is 127 cm³/mol. The molecule has 0 N–H and O–H groups in total. The van der Waals surface area contributed by atoms with Crippen LogP contribution in [0.25, 0.3) is 6.08 Å². The molecule has 4 rings (SSSR count). The highest BCUT2D eigenvalue weighted by Crippen LogP contribution is 2.43. The van der Waals surface area contributed by atoms with E-state index in [9.17, 15) is 19.7 Å². The lowest BCUT2D eigenvalue weighted by molar-refractivity contribution is -0.384. The average molecular weight is 452 g/mol. The molecule has 8 heteroatoms. The highest BCUT2D eigenvalue weighted by Gasteiger charge is 2.36. The van der Waals surface area contributed by atoms with E-state index in [0.717, 1.165) is 23.7 Å². The van der Waals surface area contributed by atoms with E-state index in [2.05, 4.69) is 44.9 Å². The van der Waals surface area contributed by atoms with Gasteiger partial charge in [-0.2, -0.15) is 0 Å². The van der Waals surface area contributed by atoms with Crippen molar-refractivity contribution in [3.63, 3.8) is 0 Å². The summed E-state index contributed by atoms with van der Waals surface area (Å²) < 4.78 is 0. The Morgan fingerprint density at radius 1 is 1.19 bits per heavy atom. The second-order valence-electron chi connectivity index (χ2n) is 8.99. The summed E-state index contributed by atoms with van der Waals surface area (Å²) in [6.07, 6.45) is 2.80. The summed E-state index contributed by atoms with van der Waals surface area (Å²) in [6, 6.07) is 12.0. The summed E-state index contributed by atoms with van der Waals surface area (Å²) in [7, 11) is 2.11. The summed E-state index contributed by atoms with van der Waals surface area (Å²) in [5, 5.41) is 10.5. The monoisotopic (exact) mass is 451 g/mol. The third-order valence-electron chi connectivity index (χ3n) is 6.32. The second kappa shape index (κ2) is 8.09. The maximum Gasteiger partial charge on any atom is 0.293 e. The van der Waals surface area contributed by atoms with Crippen LogP contribution >= 0.6 is 11.8 Å². The number of thioether (sulfide) groups is 1. The maximum atomic E-state index is 12.9. The van der Waals surface area contributed by atoms with E-state index in [1.54, 1.807) is 18.2 Å². The lowest BCUT2D eigenvalue weighted by Crippen LogP contribution is -2.45. The summed E-state index contributed by atoms with van der Waals surface area (Å²) in [4.78, 5) is 39.5. The van der Waals surface area contributed by atoms with Gasteiger partial charge in [0.15, 0.2) is 0 Å². The van der Waals surface area contributed by atoms with Crippen molar-refractivity contribution in [2.45, 2.75) is 45.2 Å². The second-order valence-corrected chi connectivity index (χ2v) is 9.98.